The fourth-order valence-electron chi connectivity index (χ4n) is 0.848. The van der Waals surface area contributed by atoms with E-state index in [1.807, 2.05) is 0 Å². The maximum Gasteiger partial charge on any atom is 0.243 e. The molecule has 4 heteroatoms. The van der Waals surface area contributed by atoms with E-state index in [0.29, 0.717) is 5.30 Å². The molecule has 3 nitrogen and oxygen atoms in total. The summed E-state index contributed by atoms with van der Waals surface area (Å²) in [5.41, 5.74) is 0. The molecule has 0 amide bonds. The van der Waals surface area contributed by atoms with E-state index in [0.717, 1.165) is 0 Å². The van der Waals surface area contributed by atoms with E-state index in [9.17, 15) is 9.46 Å². The molecular weight excluding hydrogens is 173 g/mol. The fraction of sp³-hybridized carbons (Fsp3) is 0.125. The van der Waals surface area contributed by atoms with Gasteiger partial charge in [-0.05, 0) is 12.1 Å². The number of hydrogen-bond donors (Lipinski definition) is 1. The van der Waals surface area contributed by atoms with Crippen molar-refractivity contribution in [1.82, 2.24) is 0 Å². The summed E-state index contributed by atoms with van der Waals surface area (Å²) in [5.74, 6) is 0. The van der Waals surface area contributed by atoms with Crippen molar-refractivity contribution in [2.45, 2.75) is 0 Å². The summed E-state index contributed by atoms with van der Waals surface area (Å²) in [7, 11) is -3.41. The molecule has 0 fully saturated rings. The zero-order valence-electron chi connectivity index (χ0n) is 6.34. The maximum absolute atomic E-state index is 11.3. The first-order valence-electron chi connectivity index (χ1n) is 3.41. The van der Waals surface area contributed by atoms with Crippen LogP contribution in [0.3, 0.4) is 0 Å². The Hall–Kier alpha value is -1.10. The Morgan fingerprint density at radius 1 is 1.42 bits per heavy atom. The molecule has 1 unspecified atom stereocenters. The molecule has 1 aromatic carbocycles. The lowest BCUT2D eigenvalue weighted by Gasteiger charge is -2.05. The van der Waals surface area contributed by atoms with Crippen LogP contribution in [0.25, 0.3) is 0 Å². The smallest absolute Gasteiger partial charge is 0.243 e. The molecule has 0 saturated heterocycles. The first-order chi connectivity index (χ1) is 5.67. The zero-order valence-corrected chi connectivity index (χ0v) is 7.24. The molecule has 0 aromatic heterocycles. The topological polar surface area (TPSA) is 61.1 Å². The van der Waals surface area contributed by atoms with Crippen LogP contribution >= 0.6 is 7.37 Å². The summed E-state index contributed by atoms with van der Waals surface area (Å²) >= 11 is 0. The van der Waals surface area contributed by atoms with Crippen LogP contribution in [0.5, 0.6) is 0 Å². The number of benzene rings is 1. The molecule has 0 heterocycles. The van der Waals surface area contributed by atoms with E-state index in [-0.39, 0.29) is 6.16 Å². The highest BCUT2D eigenvalue weighted by Gasteiger charge is 2.19. The van der Waals surface area contributed by atoms with Gasteiger partial charge in [0.15, 0.2) is 0 Å². The third kappa shape index (κ3) is 1.94. The van der Waals surface area contributed by atoms with Gasteiger partial charge in [-0.1, -0.05) is 18.2 Å². The van der Waals surface area contributed by atoms with Crippen molar-refractivity contribution in [3.05, 3.63) is 30.3 Å². The molecule has 0 saturated carbocycles. The van der Waals surface area contributed by atoms with Gasteiger partial charge in [-0.3, -0.25) is 4.57 Å². The van der Waals surface area contributed by atoms with Gasteiger partial charge < -0.3 is 4.89 Å². The van der Waals surface area contributed by atoms with Gasteiger partial charge >= 0.3 is 0 Å². The standard InChI is InChI=1S/C8H8NO2P/c9-6-7-12(10,11)8-4-2-1-3-5-8/h1-5H,7H2,(H,10,11). The maximum atomic E-state index is 11.3. The quantitative estimate of drug-likeness (QED) is 0.695. The summed E-state index contributed by atoms with van der Waals surface area (Å²) in [4.78, 5) is 9.32. The minimum Gasteiger partial charge on any atom is -0.340 e. The van der Waals surface area contributed by atoms with Gasteiger partial charge in [0.1, 0.15) is 6.16 Å². The normalized spacial score (nSPS) is 14.7. The summed E-state index contributed by atoms with van der Waals surface area (Å²) in [5, 5.41) is 8.62. The van der Waals surface area contributed by atoms with Crippen LogP contribution in [0.2, 0.25) is 0 Å². The molecule has 0 radical (unpaired) electrons. The van der Waals surface area contributed by atoms with Crippen molar-refractivity contribution >= 4 is 12.7 Å². The van der Waals surface area contributed by atoms with Gasteiger partial charge in [-0.2, -0.15) is 5.26 Å². The average Bonchev–Trinajstić information content (AvgIpc) is 2.06. The summed E-state index contributed by atoms with van der Waals surface area (Å²) in [6.07, 6.45) is -0.322. The molecular formula is C8H8NO2P. The molecule has 0 bridgehead atoms. The highest BCUT2D eigenvalue weighted by atomic mass is 31.2. The molecule has 0 aliphatic carbocycles. The molecule has 1 rings (SSSR count). The Morgan fingerprint density at radius 3 is 2.50 bits per heavy atom. The number of rotatable bonds is 2. The largest absolute Gasteiger partial charge is 0.340 e. The molecule has 1 atom stereocenters. The van der Waals surface area contributed by atoms with E-state index in [1.54, 1.807) is 36.4 Å². The minimum absolute atomic E-state index is 0.322. The lowest BCUT2D eigenvalue weighted by molar-refractivity contribution is 0.493. The zero-order chi connectivity index (χ0) is 9.03. The highest BCUT2D eigenvalue weighted by Crippen LogP contribution is 2.37. The van der Waals surface area contributed by atoms with Crippen molar-refractivity contribution in [2.75, 3.05) is 6.16 Å². The lowest BCUT2D eigenvalue weighted by atomic mass is 10.4. The first kappa shape index (κ1) is 8.99. The number of nitriles is 1. The van der Waals surface area contributed by atoms with Crippen LogP contribution in [0, 0.1) is 11.3 Å². The molecule has 1 aromatic rings. The van der Waals surface area contributed by atoms with E-state index in [2.05, 4.69) is 0 Å². The second-order valence-electron chi connectivity index (χ2n) is 2.35. The Kier molecular flexibility index (Phi) is 2.65. The van der Waals surface area contributed by atoms with Crippen molar-refractivity contribution in [3.63, 3.8) is 0 Å². The van der Waals surface area contributed by atoms with Gasteiger partial charge in [0.2, 0.25) is 7.37 Å². The summed E-state index contributed by atoms with van der Waals surface area (Å²) in [6.45, 7) is 0. The van der Waals surface area contributed by atoms with Gasteiger partial charge in [-0.15, -0.1) is 0 Å². The molecule has 1 N–H and O–H groups in total. The molecule has 0 spiro atoms. The summed E-state index contributed by atoms with van der Waals surface area (Å²) < 4.78 is 11.3. The van der Waals surface area contributed by atoms with E-state index in [4.69, 9.17) is 5.26 Å². The first-order valence-corrected chi connectivity index (χ1v) is 5.26. The van der Waals surface area contributed by atoms with Gasteiger partial charge in [0.25, 0.3) is 0 Å². The monoisotopic (exact) mass is 181 g/mol. The van der Waals surface area contributed by atoms with Crippen LogP contribution < -0.4 is 5.30 Å². The van der Waals surface area contributed by atoms with E-state index in [1.165, 1.54) is 0 Å². The second-order valence-corrected chi connectivity index (χ2v) is 4.59. The fourth-order valence-corrected chi connectivity index (χ4v) is 1.86. The highest BCUT2D eigenvalue weighted by molar-refractivity contribution is 7.66. The number of nitrogens with zero attached hydrogens (tertiary/aromatic N) is 1. The Labute approximate surface area is 70.7 Å². The predicted octanol–water partition coefficient (Wildman–Crippen LogP) is 1.11. The predicted molar refractivity (Wildman–Crippen MR) is 46.4 cm³/mol. The Balaban J connectivity index is 3.00. The Bertz CT molecular complexity index is 342. The van der Waals surface area contributed by atoms with Gasteiger partial charge in [-0.25, -0.2) is 0 Å². The van der Waals surface area contributed by atoms with Crippen LogP contribution in [-0.4, -0.2) is 11.1 Å². The van der Waals surface area contributed by atoms with Crippen molar-refractivity contribution in [2.24, 2.45) is 0 Å². The lowest BCUT2D eigenvalue weighted by Crippen LogP contribution is -2.05. The second kappa shape index (κ2) is 3.53. The minimum atomic E-state index is -3.41. The SMILES string of the molecule is N#CCP(=O)(O)c1ccccc1. The van der Waals surface area contributed by atoms with Crippen LogP contribution in [0.15, 0.2) is 30.3 Å². The molecule has 0 aliphatic rings. The van der Waals surface area contributed by atoms with Crippen molar-refractivity contribution in [3.8, 4) is 6.07 Å². The third-order valence-corrected chi connectivity index (χ3v) is 3.12. The van der Waals surface area contributed by atoms with Gasteiger partial charge in [0, 0.05) is 5.30 Å². The van der Waals surface area contributed by atoms with Crippen LogP contribution in [0.1, 0.15) is 0 Å². The average molecular weight is 181 g/mol. The van der Waals surface area contributed by atoms with E-state index < -0.39 is 7.37 Å². The van der Waals surface area contributed by atoms with Crippen LogP contribution in [-0.2, 0) is 4.57 Å². The summed E-state index contributed by atoms with van der Waals surface area (Å²) in [6, 6.07) is 9.91. The molecule has 0 aliphatic heterocycles. The molecule has 62 valence electrons. The number of hydrogen-bond acceptors (Lipinski definition) is 2. The van der Waals surface area contributed by atoms with Crippen molar-refractivity contribution < 1.29 is 9.46 Å². The van der Waals surface area contributed by atoms with Gasteiger partial charge in [0.05, 0.1) is 6.07 Å². The molecule has 12 heavy (non-hydrogen) atoms. The van der Waals surface area contributed by atoms with Crippen LogP contribution in [0.4, 0.5) is 0 Å². The van der Waals surface area contributed by atoms with E-state index >= 15 is 0 Å². The van der Waals surface area contributed by atoms with Crippen molar-refractivity contribution in [1.29, 1.82) is 5.26 Å². The Morgan fingerprint density at radius 2 is 2.00 bits per heavy atom. The third-order valence-electron chi connectivity index (χ3n) is 1.44.